The summed E-state index contributed by atoms with van der Waals surface area (Å²) < 4.78 is 159. The van der Waals surface area contributed by atoms with Gasteiger partial charge in [0.05, 0.1) is 55.4 Å². The fourth-order valence-electron chi connectivity index (χ4n) is 2.80. The first-order valence-corrected chi connectivity index (χ1v) is 19.0. The van der Waals surface area contributed by atoms with E-state index in [2.05, 4.69) is 14.7 Å². The van der Waals surface area contributed by atoms with Crippen LogP contribution in [0.15, 0.2) is 66.1 Å². The first kappa shape index (κ1) is 55.1. The summed E-state index contributed by atoms with van der Waals surface area (Å²) in [5, 5.41) is 16.0. The monoisotopic (exact) mass is 868 g/mol. The van der Waals surface area contributed by atoms with Crippen LogP contribution >= 0.6 is 23.2 Å². The van der Waals surface area contributed by atoms with Gasteiger partial charge in [0.25, 0.3) is 5.78 Å². The summed E-state index contributed by atoms with van der Waals surface area (Å²) in [6.07, 6.45) is -14.2. The molecule has 0 aromatic carbocycles. The molecule has 2 heterocycles. The highest BCUT2D eigenvalue weighted by Gasteiger charge is 2.56. The molecule has 0 spiro atoms. The van der Waals surface area contributed by atoms with Crippen molar-refractivity contribution in [1.82, 2.24) is 9.97 Å². The van der Waals surface area contributed by atoms with Crippen molar-refractivity contribution in [3.8, 4) is 12.1 Å². The van der Waals surface area contributed by atoms with E-state index in [1.807, 2.05) is 0 Å². The van der Waals surface area contributed by atoms with E-state index in [1.54, 1.807) is 39.6 Å². The van der Waals surface area contributed by atoms with E-state index >= 15 is 0 Å². The van der Waals surface area contributed by atoms with Crippen molar-refractivity contribution in [1.29, 1.82) is 10.5 Å². The van der Waals surface area contributed by atoms with Crippen molar-refractivity contribution in [2.75, 3.05) is 19.1 Å². The number of carbonyl (C=O) groups excluding carboxylic acids is 1. The molecule has 55 heavy (non-hydrogen) atoms. The van der Waals surface area contributed by atoms with E-state index in [0.29, 0.717) is 12.1 Å². The lowest BCUT2D eigenvalue weighted by Gasteiger charge is -2.36. The van der Waals surface area contributed by atoms with Gasteiger partial charge in [-0.1, -0.05) is 11.6 Å². The largest absolute Gasteiger partial charge is 0.502 e. The highest BCUT2D eigenvalue weighted by molar-refractivity contribution is 6.69. The molecule has 2 rings (SSSR count). The van der Waals surface area contributed by atoms with Crippen LogP contribution in [0.4, 0.5) is 52.7 Å². The molecule has 0 aliphatic carbocycles. The number of halogens is 14. The van der Waals surface area contributed by atoms with Gasteiger partial charge in [0, 0.05) is 24.5 Å². The van der Waals surface area contributed by atoms with E-state index in [1.165, 1.54) is 6.07 Å². The zero-order valence-electron chi connectivity index (χ0n) is 29.3. The van der Waals surface area contributed by atoms with Crippen LogP contribution in [0, 0.1) is 22.7 Å². The second-order valence-corrected chi connectivity index (χ2v) is 15.5. The number of pyridine rings is 2. The maximum atomic E-state index is 13.2. The fourth-order valence-corrected chi connectivity index (χ4v) is 4.32. The molecule has 1 unspecified atom stereocenters. The summed E-state index contributed by atoms with van der Waals surface area (Å²) in [6.45, 7) is 8.66. The van der Waals surface area contributed by atoms with Crippen LogP contribution < -0.4 is 5.56 Å². The number of allylic oxidation sites excluding steroid dienone is 1. The minimum atomic E-state index is -4.80. The van der Waals surface area contributed by atoms with Crippen molar-refractivity contribution in [3.63, 3.8) is 0 Å². The molecule has 0 radical (unpaired) electrons. The maximum absolute atomic E-state index is 13.2. The lowest BCUT2D eigenvalue weighted by Crippen LogP contribution is -2.51. The molecular weight excluding hydrogens is 835 g/mol. The molecular formula is C31H34Cl2F12N4O5Si. The Balaban J connectivity index is -0.000000648. The number of carbonyl (C=O) groups is 1. The second kappa shape index (κ2) is 25.8. The van der Waals surface area contributed by atoms with Gasteiger partial charge in [0.2, 0.25) is 5.56 Å². The van der Waals surface area contributed by atoms with Crippen LogP contribution in [0.2, 0.25) is 24.8 Å². The number of aromatic amines is 1. The van der Waals surface area contributed by atoms with Gasteiger partial charge in [-0.3, -0.25) is 9.59 Å². The lowest BCUT2D eigenvalue weighted by molar-refractivity contribution is -0.230. The molecule has 0 saturated heterocycles. The average Bonchev–Trinajstić information content (AvgIpc) is 3.03. The summed E-state index contributed by atoms with van der Waals surface area (Å²) in [5.41, 5.74) is -5.04. The Labute approximate surface area is 318 Å². The summed E-state index contributed by atoms with van der Waals surface area (Å²) in [6, 6.07) is 6.20. The van der Waals surface area contributed by atoms with Gasteiger partial charge in [-0.15, -0.1) is 11.6 Å². The van der Waals surface area contributed by atoms with Crippen molar-refractivity contribution in [2.24, 2.45) is 0 Å². The number of H-pyrrole nitrogens is 1. The van der Waals surface area contributed by atoms with E-state index < -0.39 is 67.5 Å². The number of alkyl halides is 13. The lowest BCUT2D eigenvalue weighted by atomic mass is 10.0. The molecule has 9 nitrogen and oxygen atoms in total. The smallest absolute Gasteiger partial charge is 0.454 e. The van der Waals surface area contributed by atoms with Gasteiger partial charge in [0.1, 0.15) is 11.0 Å². The Hall–Kier alpha value is -4.25. The molecule has 1 atom stereocenters. The maximum Gasteiger partial charge on any atom is 0.454 e. The molecule has 0 saturated carbocycles. The number of aromatic nitrogens is 2. The van der Waals surface area contributed by atoms with Crippen molar-refractivity contribution in [3.05, 3.63) is 88.0 Å². The number of nitrogens with zero attached hydrogens (tertiary/aromatic N) is 3. The second-order valence-electron chi connectivity index (χ2n) is 10.4. The molecule has 0 amide bonds. The minimum Gasteiger partial charge on any atom is -0.502 e. The first-order valence-electron chi connectivity index (χ1n) is 14.7. The molecule has 0 bridgehead atoms. The first-order chi connectivity index (χ1) is 25.0. The molecule has 1 N–H and O–H groups in total. The predicted molar refractivity (Wildman–Crippen MR) is 179 cm³/mol. The minimum absolute atomic E-state index is 0.0972. The van der Waals surface area contributed by atoms with Crippen LogP contribution in [0.1, 0.15) is 31.4 Å². The predicted octanol–water partition coefficient (Wildman–Crippen LogP) is 10.2. The molecule has 2 aromatic rings. The number of rotatable bonds is 9. The summed E-state index contributed by atoms with van der Waals surface area (Å²) >= 11 is 10.1. The SMILES string of the molecule is CCO/C=C/C(=O)C(F)(F)F.CCO/C=C/C(CC#N)(O[Si](C)(C)C)C(F)(F)F.FC(F)(F)c1ccnc(Cl)c1.N#CCCl.O=c1cc(C(F)(F)F)cc[nH]1. The Bertz CT molecular complexity index is 1610. The normalized spacial score (nSPS) is 12.7. The van der Waals surface area contributed by atoms with Crippen molar-refractivity contribution < 1.29 is 71.4 Å². The summed E-state index contributed by atoms with van der Waals surface area (Å²) in [5.74, 6) is -1.81. The summed E-state index contributed by atoms with van der Waals surface area (Å²) in [4.78, 5) is 25.9. The highest BCUT2D eigenvalue weighted by atomic mass is 35.5. The Morgan fingerprint density at radius 3 is 1.69 bits per heavy atom. The number of nitrogens with one attached hydrogen (secondary N) is 1. The third-order valence-corrected chi connectivity index (χ3v) is 6.19. The van der Waals surface area contributed by atoms with E-state index in [4.69, 9.17) is 42.9 Å². The third kappa shape index (κ3) is 27.1. The zero-order chi connectivity index (χ0) is 43.7. The molecule has 2 aromatic heterocycles. The third-order valence-electron chi connectivity index (χ3n) is 4.89. The number of ether oxygens (including phenoxy) is 2. The van der Waals surface area contributed by atoms with Gasteiger partial charge in [-0.25, -0.2) is 4.98 Å². The van der Waals surface area contributed by atoms with E-state index in [0.717, 1.165) is 49.2 Å². The fraction of sp³-hybridized carbons (Fsp3) is 0.452. The van der Waals surface area contributed by atoms with Crippen molar-refractivity contribution >= 4 is 37.3 Å². The van der Waals surface area contributed by atoms with Gasteiger partial charge < -0.3 is 18.9 Å². The summed E-state index contributed by atoms with van der Waals surface area (Å²) in [7, 11) is -2.48. The number of ketones is 1. The Kier molecular flexibility index (Phi) is 25.8. The molecule has 0 fully saturated rings. The van der Waals surface area contributed by atoms with Crippen LogP contribution in [0.5, 0.6) is 0 Å². The topological polar surface area (TPSA) is 138 Å². The van der Waals surface area contributed by atoms with Crippen molar-refractivity contribution in [2.45, 2.75) is 70.2 Å². The Morgan fingerprint density at radius 2 is 1.36 bits per heavy atom. The van der Waals surface area contributed by atoms with Crippen LogP contribution in [0.25, 0.3) is 0 Å². The van der Waals surface area contributed by atoms with Gasteiger partial charge >= 0.3 is 24.7 Å². The molecule has 0 aliphatic rings. The quantitative estimate of drug-likeness (QED) is 0.0657. The van der Waals surface area contributed by atoms with E-state index in [9.17, 15) is 62.3 Å². The van der Waals surface area contributed by atoms with Gasteiger partial charge in [0.15, 0.2) is 13.9 Å². The van der Waals surface area contributed by atoms with Gasteiger partial charge in [-0.2, -0.15) is 63.2 Å². The van der Waals surface area contributed by atoms with Crippen LogP contribution in [-0.2, 0) is 31.0 Å². The number of hydrogen-bond acceptors (Lipinski definition) is 8. The standard InChI is InChI=1S/C11H18F3NO2Si.C6H3ClF3N.C6H4F3NO.C6H7F3O2.C2H2ClN/c1-5-16-9-7-10(6-8-15,11(12,13)14)17-18(2,3)4;7-5-3-4(1-2-11-5)6(8,9)10;7-6(8,9)4-1-2-10-5(11)3-4;1-2-11-4-3-5(10)6(7,8)9;3-1-2-4/h7,9H,5-6H2,1-4H3;1-3H;1-3H,(H,10,11);3-4H,2H2,1H3;1H2/b9-7+;;;4-3+;. The molecule has 310 valence electrons. The average molecular weight is 870 g/mol. The molecule has 24 heteroatoms. The Morgan fingerprint density at radius 1 is 0.873 bits per heavy atom. The van der Waals surface area contributed by atoms with Crippen LogP contribution in [0.3, 0.4) is 0 Å². The zero-order valence-corrected chi connectivity index (χ0v) is 31.8. The van der Waals surface area contributed by atoms with Gasteiger partial charge in [-0.05, 0) is 57.8 Å². The van der Waals surface area contributed by atoms with Crippen LogP contribution in [-0.4, -0.2) is 61.1 Å². The molecule has 0 aliphatic heterocycles. The number of hydrogen-bond donors (Lipinski definition) is 1. The van der Waals surface area contributed by atoms with E-state index in [-0.39, 0.29) is 24.2 Å². The number of nitriles is 2. The highest BCUT2D eigenvalue weighted by Crippen LogP contribution is 2.40.